The normalized spacial score (nSPS) is 15.8. The van der Waals surface area contributed by atoms with Gasteiger partial charge in [0.15, 0.2) is 0 Å². The van der Waals surface area contributed by atoms with E-state index in [1.807, 2.05) is 11.8 Å². The lowest BCUT2D eigenvalue weighted by Gasteiger charge is -2.30. The van der Waals surface area contributed by atoms with Gasteiger partial charge in [0.05, 0.1) is 32.4 Å². The highest BCUT2D eigenvalue weighted by atomic mass is 35.5. The third-order valence-corrected chi connectivity index (χ3v) is 4.65. The molecule has 1 amide bonds. The van der Waals surface area contributed by atoms with Crippen molar-refractivity contribution in [2.75, 3.05) is 39.2 Å². The lowest BCUT2D eigenvalue weighted by atomic mass is 9.97. The predicted octanol–water partition coefficient (Wildman–Crippen LogP) is 2.48. The fraction of sp³-hybridized carbons (Fsp3) is 0.529. The Hall–Kier alpha value is -1.79. The number of hydrogen-bond acceptors (Lipinski definition) is 5. The van der Waals surface area contributed by atoms with Crippen molar-refractivity contribution in [2.45, 2.75) is 19.8 Å². The number of carbonyl (C=O) groups excluding carboxylic acids is 2. The topological polar surface area (TPSA) is 67.9 Å². The highest BCUT2D eigenvalue weighted by Gasteiger charge is 2.26. The summed E-state index contributed by atoms with van der Waals surface area (Å²) in [6, 6.07) is 3.48. The Balaban J connectivity index is 1.91. The number of ether oxygens (including phenoxy) is 2. The highest BCUT2D eigenvalue weighted by Crippen LogP contribution is 2.31. The van der Waals surface area contributed by atoms with Gasteiger partial charge in [-0.15, -0.1) is 0 Å². The smallest absolute Gasteiger partial charge is 0.308 e. The van der Waals surface area contributed by atoms with Crippen molar-refractivity contribution in [2.24, 2.45) is 5.92 Å². The maximum absolute atomic E-state index is 12.3. The van der Waals surface area contributed by atoms with E-state index in [0.29, 0.717) is 42.4 Å². The van der Waals surface area contributed by atoms with Crippen LogP contribution in [0.2, 0.25) is 5.02 Å². The van der Waals surface area contributed by atoms with E-state index in [0.717, 1.165) is 5.56 Å². The summed E-state index contributed by atoms with van der Waals surface area (Å²) in [6.07, 6.45) is 1.42. The molecule has 1 aliphatic rings. The van der Waals surface area contributed by atoms with Gasteiger partial charge in [-0.25, -0.2) is 0 Å². The number of rotatable bonds is 5. The Bertz CT molecular complexity index is 613. The van der Waals surface area contributed by atoms with Crippen molar-refractivity contribution in [1.29, 1.82) is 0 Å². The number of nitrogens with one attached hydrogen (secondary N) is 1. The lowest BCUT2D eigenvalue weighted by molar-refractivity contribution is -0.147. The van der Waals surface area contributed by atoms with E-state index < -0.39 is 0 Å². The summed E-state index contributed by atoms with van der Waals surface area (Å²) >= 11 is 6.07. The van der Waals surface area contributed by atoms with Crippen molar-refractivity contribution < 1.29 is 19.1 Å². The maximum Gasteiger partial charge on any atom is 0.308 e. The van der Waals surface area contributed by atoms with Gasteiger partial charge in [-0.3, -0.25) is 14.5 Å². The Kier molecular flexibility index (Phi) is 6.45. The van der Waals surface area contributed by atoms with Gasteiger partial charge in [0.2, 0.25) is 5.91 Å². The number of benzene rings is 1. The van der Waals surface area contributed by atoms with Gasteiger partial charge < -0.3 is 14.8 Å². The molecule has 0 bridgehead atoms. The summed E-state index contributed by atoms with van der Waals surface area (Å²) in [7, 11) is 2.94. The first kappa shape index (κ1) is 18.5. The van der Waals surface area contributed by atoms with Crippen LogP contribution in [0, 0.1) is 12.8 Å². The number of anilines is 1. The van der Waals surface area contributed by atoms with Crippen LogP contribution in [0.15, 0.2) is 12.1 Å². The van der Waals surface area contributed by atoms with E-state index in [1.54, 1.807) is 12.1 Å². The van der Waals surface area contributed by atoms with E-state index in [1.165, 1.54) is 14.2 Å². The molecule has 132 valence electrons. The molecule has 1 heterocycles. The van der Waals surface area contributed by atoms with Gasteiger partial charge >= 0.3 is 5.97 Å². The summed E-state index contributed by atoms with van der Waals surface area (Å²) in [4.78, 5) is 25.8. The monoisotopic (exact) mass is 354 g/mol. The number of carbonyl (C=O) groups is 2. The first-order valence-corrected chi connectivity index (χ1v) is 8.26. The molecule has 1 aromatic rings. The van der Waals surface area contributed by atoms with Crippen LogP contribution >= 0.6 is 11.6 Å². The van der Waals surface area contributed by atoms with E-state index >= 15 is 0 Å². The van der Waals surface area contributed by atoms with Crippen molar-refractivity contribution in [1.82, 2.24) is 4.90 Å². The van der Waals surface area contributed by atoms with E-state index in [9.17, 15) is 9.59 Å². The number of nitrogens with zero attached hydrogens (tertiary/aromatic N) is 1. The van der Waals surface area contributed by atoms with Crippen LogP contribution in [0.1, 0.15) is 18.4 Å². The predicted molar refractivity (Wildman–Crippen MR) is 92.6 cm³/mol. The second-order valence-electron chi connectivity index (χ2n) is 5.92. The molecule has 24 heavy (non-hydrogen) atoms. The molecule has 1 N–H and O–H groups in total. The van der Waals surface area contributed by atoms with Gasteiger partial charge in [-0.05, 0) is 44.5 Å². The van der Waals surface area contributed by atoms with Crippen LogP contribution in [0.5, 0.6) is 5.75 Å². The van der Waals surface area contributed by atoms with E-state index in [2.05, 4.69) is 5.32 Å². The molecule has 7 heteroatoms. The molecule has 1 aromatic carbocycles. The lowest BCUT2D eigenvalue weighted by Crippen LogP contribution is -2.41. The molecule has 0 aromatic heterocycles. The average Bonchev–Trinajstić information content (AvgIpc) is 2.57. The van der Waals surface area contributed by atoms with Crippen LogP contribution < -0.4 is 10.1 Å². The highest BCUT2D eigenvalue weighted by molar-refractivity contribution is 6.31. The average molecular weight is 355 g/mol. The summed E-state index contributed by atoms with van der Waals surface area (Å²) < 4.78 is 10.0. The minimum absolute atomic E-state index is 0.0617. The number of halogens is 1. The minimum Gasteiger partial charge on any atom is -0.495 e. The number of amides is 1. The largest absolute Gasteiger partial charge is 0.495 e. The van der Waals surface area contributed by atoms with E-state index in [-0.39, 0.29) is 24.3 Å². The molecule has 0 saturated carbocycles. The zero-order chi connectivity index (χ0) is 17.7. The Morgan fingerprint density at radius 2 is 1.96 bits per heavy atom. The summed E-state index contributed by atoms with van der Waals surface area (Å²) in [6.45, 7) is 3.54. The summed E-state index contributed by atoms with van der Waals surface area (Å²) in [5.41, 5.74) is 1.47. The van der Waals surface area contributed by atoms with Gasteiger partial charge in [0, 0.05) is 11.1 Å². The Morgan fingerprint density at radius 3 is 2.54 bits per heavy atom. The molecule has 0 unspecified atom stereocenters. The number of aryl methyl sites for hydroxylation is 1. The molecular weight excluding hydrogens is 332 g/mol. The second-order valence-corrected chi connectivity index (χ2v) is 6.33. The van der Waals surface area contributed by atoms with Crippen molar-refractivity contribution >= 4 is 29.2 Å². The third-order valence-electron chi connectivity index (χ3n) is 4.24. The molecule has 0 spiro atoms. The number of likely N-dealkylation sites (tertiary alicyclic amines) is 1. The SMILES string of the molecule is COC(=O)C1CCN(CC(=O)Nc2cc(C)c(Cl)cc2OC)CC1. The zero-order valence-electron chi connectivity index (χ0n) is 14.2. The number of esters is 1. The molecule has 0 atom stereocenters. The Labute approximate surface area is 147 Å². The maximum atomic E-state index is 12.3. The van der Waals surface area contributed by atoms with Crippen LogP contribution in [-0.2, 0) is 14.3 Å². The quantitative estimate of drug-likeness (QED) is 0.823. The second kappa shape index (κ2) is 8.35. The van der Waals surface area contributed by atoms with Crippen molar-refractivity contribution in [3.05, 3.63) is 22.7 Å². The summed E-state index contributed by atoms with van der Waals surface area (Å²) in [5, 5.41) is 3.46. The first-order valence-electron chi connectivity index (χ1n) is 7.88. The van der Waals surface area contributed by atoms with Gasteiger partial charge in [-0.2, -0.15) is 0 Å². The molecule has 1 aliphatic heterocycles. The molecule has 0 radical (unpaired) electrons. The van der Waals surface area contributed by atoms with E-state index in [4.69, 9.17) is 21.1 Å². The fourth-order valence-corrected chi connectivity index (χ4v) is 2.97. The number of piperidine rings is 1. The molecule has 1 fully saturated rings. The molecular formula is C17H23ClN2O4. The van der Waals surface area contributed by atoms with Crippen LogP contribution in [-0.4, -0.2) is 50.6 Å². The molecule has 2 rings (SSSR count). The van der Waals surface area contributed by atoms with Gasteiger partial charge in [0.25, 0.3) is 0 Å². The van der Waals surface area contributed by atoms with Gasteiger partial charge in [-0.1, -0.05) is 11.6 Å². The van der Waals surface area contributed by atoms with Gasteiger partial charge in [0.1, 0.15) is 5.75 Å². The van der Waals surface area contributed by atoms with Crippen molar-refractivity contribution in [3.63, 3.8) is 0 Å². The molecule has 6 nitrogen and oxygen atoms in total. The molecule has 1 saturated heterocycles. The fourth-order valence-electron chi connectivity index (χ4n) is 2.82. The molecule has 0 aliphatic carbocycles. The first-order chi connectivity index (χ1) is 11.4. The zero-order valence-corrected chi connectivity index (χ0v) is 15.0. The van der Waals surface area contributed by atoms with Crippen LogP contribution in [0.3, 0.4) is 0 Å². The Morgan fingerprint density at radius 1 is 1.29 bits per heavy atom. The third kappa shape index (κ3) is 4.61. The standard InChI is InChI=1S/C17H23ClN2O4/c1-11-8-14(15(23-2)9-13(11)18)19-16(21)10-20-6-4-12(5-7-20)17(22)24-3/h8-9,12H,4-7,10H2,1-3H3,(H,19,21). The summed E-state index contributed by atoms with van der Waals surface area (Å²) in [5.74, 6) is 0.184. The van der Waals surface area contributed by atoms with Crippen LogP contribution in [0.25, 0.3) is 0 Å². The van der Waals surface area contributed by atoms with Crippen molar-refractivity contribution in [3.8, 4) is 5.75 Å². The number of methoxy groups -OCH3 is 2. The minimum atomic E-state index is -0.166. The number of hydrogen-bond donors (Lipinski definition) is 1. The van der Waals surface area contributed by atoms with Crippen LogP contribution in [0.4, 0.5) is 5.69 Å².